The van der Waals surface area contributed by atoms with Crippen LogP contribution < -0.4 is 5.32 Å². The van der Waals surface area contributed by atoms with Crippen LogP contribution in [0.1, 0.15) is 37.0 Å². The first kappa shape index (κ1) is 17.2. The second-order valence-corrected chi connectivity index (χ2v) is 7.92. The molecule has 2 nitrogen and oxygen atoms in total. The second kappa shape index (κ2) is 7.79. The van der Waals surface area contributed by atoms with Crippen LogP contribution in [0.4, 0.5) is 0 Å². The minimum Gasteiger partial charge on any atom is -0.352 e. The molecule has 0 unspecified atom stereocenters. The molecule has 0 heterocycles. The smallest absolute Gasteiger partial charge is 0.251 e. The number of carbonyl (C=O) groups excluding carboxylic acids is 1. The summed E-state index contributed by atoms with van der Waals surface area (Å²) in [4.78, 5) is 12.1. The van der Waals surface area contributed by atoms with Gasteiger partial charge in [-0.05, 0) is 36.5 Å². The van der Waals surface area contributed by atoms with E-state index in [0.29, 0.717) is 12.1 Å². The zero-order valence-corrected chi connectivity index (χ0v) is 15.9. The first-order valence-electron chi connectivity index (χ1n) is 6.14. The van der Waals surface area contributed by atoms with Crippen molar-refractivity contribution in [2.24, 2.45) is 5.41 Å². The fourth-order valence-corrected chi connectivity index (χ4v) is 3.31. The first-order valence-corrected chi connectivity index (χ1v) is 8.85. The van der Waals surface area contributed by atoms with Crippen LogP contribution in [0.15, 0.2) is 27.1 Å². The molecule has 19 heavy (non-hydrogen) atoms. The highest BCUT2D eigenvalue weighted by Crippen LogP contribution is 2.23. The van der Waals surface area contributed by atoms with Gasteiger partial charge in [-0.15, -0.1) is 0 Å². The number of hydrogen-bond acceptors (Lipinski definition) is 1. The number of alkyl halides is 1. The molecule has 0 fully saturated rings. The summed E-state index contributed by atoms with van der Waals surface area (Å²) in [6.07, 6.45) is 2.20. The van der Waals surface area contributed by atoms with Crippen molar-refractivity contribution in [3.63, 3.8) is 0 Å². The van der Waals surface area contributed by atoms with Crippen LogP contribution in [0.3, 0.4) is 0 Å². The molecular weight excluding hydrogens is 438 g/mol. The maximum Gasteiger partial charge on any atom is 0.251 e. The van der Waals surface area contributed by atoms with Crippen molar-refractivity contribution in [1.82, 2.24) is 5.32 Å². The minimum atomic E-state index is -0.0334. The lowest BCUT2D eigenvalue weighted by Gasteiger charge is -2.24. The van der Waals surface area contributed by atoms with Crippen molar-refractivity contribution in [2.75, 3.05) is 11.9 Å². The summed E-state index contributed by atoms with van der Waals surface area (Å²) in [6.45, 7) is 5.03. The molecule has 1 rings (SSSR count). The third-order valence-electron chi connectivity index (χ3n) is 2.84. The van der Waals surface area contributed by atoms with E-state index in [4.69, 9.17) is 0 Å². The van der Waals surface area contributed by atoms with E-state index in [2.05, 4.69) is 67.0 Å². The molecule has 1 amide bonds. The molecule has 0 radical (unpaired) electrons. The Morgan fingerprint density at radius 3 is 2.32 bits per heavy atom. The van der Waals surface area contributed by atoms with Crippen molar-refractivity contribution in [3.8, 4) is 0 Å². The van der Waals surface area contributed by atoms with Crippen molar-refractivity contribution in [3.05, 3.63) is 32.7 Å². The molecule has 0 aliphatic carbocycles. The molecule has 0 saturated heterocycles. The Kier molecular flexibility index (Phi) is 7.05. The van der Waals surface area contributed by atoms with Crippen LogP contribution in [0, 0.1) is 5.41 Å². The summed E-state index contributed by atoms with van der Waals surface area (Å²) in [6, 6.07) is 5.56. The lowest BCUT2D eigenvalue weighted by atomic mass is 9.88. The fraction of sp³-hybridized carbons (Fsp3) is 0.500. The predicted octanol–water partition coefficient (Wildman–Crippen LogP) is 5.14. The summed E-state index contributed by atoms with van der Waals surface area (Å²) in [5.41, 5.74) is 0.782. The Morgan fingerprint density at radius 1 is 1.21 bits per heavy atom. The van der Waals surface area contributed by atoms with Crippen LogP contribution in [-0.4, -0.2) is 17.8 Å². The van der Waals surface area contributed by atoms with E-state index < -0.39 is 0 Å². The van der Waals surface area contributed by atoms with Gasteiger partial charge in [0.25, 0.3) is 5.91 Å². The molecule has 0 atom stereocenters. The standard InChI is InChI=1S/C14H18Br3NO/c1-14(2,4-3-5-15)9-18-13(19)10-6-11(16)8-12(17)7-10/h6-8H,3-5,9H2,1-2H3,(H,18,19). The highest BCUT2D eigenvalue weighted by Gasteiger charge is 2.18. The molecule has 0 aliphatic heterocycles. The Bertz CT molecular complexity index is 426. The van der Waals surface area contributed by atoms with Gasteiger partial charge in [0.1, 0.15) is 0 Å². The topological polar surface area (TPSA) is 29.1 Å². The summed E-state index contributed by atoms with van der Waals surface area (Å²) in [5.74, 6) is -0.0334. The SMILES string of the molecule is CC(C)(CCCBr)CNC(=O)c1cc(Br)cc(Br)c1. The molecule has 1 aromatic carbocycles. The van der Waals surface area contributed by atoms with Crippen molar-refractivity contribution in [2.45, 2.75) is 26.7 Å². The molecule has 1 aromatic rings. The number of rotatable bonds is 6. The van der Waals surface area contributed by atoms with Crippen LogP contribution in [0.2, 0.25) is 0 Å². The summed E-state index contributed by atoms with van der Waals surface area (Å²) in [5, 5.41) is 4.01. The minimum absolute atomic E-state index is 0.0334. The van der Waals surface area contributed by atoms with Gasteiger partial charge >= 0.3 is 0 Å². The van der Waals surface area contributed by atoms with Gasteiger partial charge in [-0.1, -0.05) is 61.6 Å². The third-order valence-corrected chi connectivity index (χ3v) is 4.32. The number of carbonyl (C=O) groups is 1. The number of halogens is 3. The van der Waals surface area contributed by atoms with Gasteiger partial charge in [0.15, 0.2) is 0 Å². The van der Waals surface area contributed by atoms with Crippen LogP contribution in [-0.2, 0) is 0 Å². The normalized spacial score (nSPS) is 11.4. The van der Waals surface area contributed by atoms with Gasteiger partial charge in [0, 0.05) is 26.4 Å². The maximum absolute atomic E-state index is 12.1. The van der Waals surface area contributed by atoms with E-state index in [1.165, 1.54) is 0 Å². The Balaban J connectivity index is 2.60. The van der Waals surface area contributed by atoms with E-state index in [-0.39, 0.29) is 11.3 Å². The van der Waals surface area contributed by atoms with Gasteiger partial charge in [-0.3, -0.25) is 4.79 Å². The van der Waals surface area contributed by atoms with E-state index >= 15 is 0 Å². The lowest BCUT2D eigenvalue weighted by molar-refractivity contribution is 0.0934. The molecule has 0 aliphatic rings. The van der Waals surface area contributed by atoms with Gasteiger partial charge in [-0.25, -0.2) is 0 Å². The van der Waals surface area contributed by atoms with E-state index in [1.54, 1.807) is 0 Å². The first-order chi connectivity index (χ1) is 8.84. The van der Waals surface area contributed by atoms with Crippen LogP contribution in [0.5, 0.6) is 0 Å². The Hall–Kier alpha value is 0.130. The van der Waals surface area contributed by atoms with Gasteiger partial charge in [0.05, 0.1) is 0 Å². The Labute approximate surface area is 140 Å². The number of hydrogen-bond donors (Lipinski definition) is 1. The molecule has 0 bridgehead atoms. The van der Waals surface area contributed by atoms with E-state index in [9.17, 15) is 4.79 Å². The molecule has 1 N–H and O–H groups in total. The summed E-state index contributed by atoms with van der Waals surface area (Å²) < 4.78 is 1.79. The highest BCUT2D eigenvalue weighted by molar-refractivity contribution is 9.11. The van der Waals surface area contributed by atoms with Crippen LogP contribution in [0.25, 0.3) is 0 Å². The molecule has 106 valence electrons. The monoisotopic (exact) mass is 453 g/mol. The molecule has 0 aromatic heterocycles. The fourth-order valence-electron chi connectivity index (χ4n) is 1.74. The maximum atomic E-state index is 12.1. The molecular formula is C14H18Br3NO. The van der Waals surface area contributed by atoms with Crippen molar-refractivity contribution < 1.29 is 4.79 Å². The van der Waals surface area contributed by atoms with Crippen LogP contribution >= 0.6 is 47.8 Å². The van der Waals surface area contributed by atoms with Crippen molar-refractivity contribution in [1.29, 1.82) is 0 Å². The molecule has 0 spiro atoms. The largest absolute Gasteiger partial charge is 0.352 e. The highest BCUT2D eigenvalue weighted by atomic mass is 79.9. The van der Waals surface area contributed by atoms with Crippen molar-refractivity contribution >= 4 is 53.7 Å². The zero-order valence-electron chi connectivity index (χ0n) is 11.1. The number of nitrogens with one attached hydrogen (secondary N) is 1. The lowest BCUT2D eigenvalue weighted by Crippen LogP contribution is -2.34. The van der Waals surface area contributed by atoms with E-state index in [0.717, 1.165) is 27.1 Å². The Morgan fingerprint density at radius 2 is 1.79 bits per heavy atom. The van der Waals surface area contributed by atoms with Gasteiger partial charge < -0.3 is 5.32 Å². The number of benzene rings is 1. The quantitative estimate of drug-likeness (QED) is 0.591. The van der Waals surface area contributed by atoms with E-state index in [1.807, 2.05) is 18.2 Å². The summed E-state index contributed by atoms with van der Waals surface area (Å²) in [7, 11) is 0. The third kappa shape index (κ3) is 6.41. The molecule has 5 heteroatoms. The average Bonchev–Trinajstić information content (AvgIpc) is 2.32. The second-order valence-electron chi connectivity index (χ2n) is 5.30. The average molecular weight is 456 g/mol. The van der Waals surface area contributed by atoms with Gasteiger partial charge in [-0.2, -0.15) is 0 Å². The van der Waals surface area contributed by atoms with Gasteiger partial charge in [0.2, 0.25) is 0 Å². The molecule has 0 saturated carbocycles. The zero-order chi connectivity index (χ0) is 14.5. The predicted molar refractivity (Wildman–Crippen MR) is 91.0 cm³/mol. The summed E-state index contributed by atoms with van der Waals surface area (Å²) >= 11 is 10.2. The number of amides is 1.